The van der Waals surface area contributed by atoms with Crippen molar-refractivity contribution in [3.05, 3.63) is 30.1 Å². The minimum absolute atomic E-state index is 0.430. The largest absolute Gasteiger partial charge is 0.494 e. The van der Waals surface area contributed by atoms with Crippen molar-refractivity contribution in [2.45, 2.75) is 50.6 Å². The highest BCUT2D eigenvalue weighted by Gasteiger charge is 2.36. The van der Waals surface area contributed by atoms with E-state index in [4.69, 9.17) is 9.26 Å². The molecule has 2 fully saturated rings. The van der Waals surface area contributed by atoms with Crippen LogP contribution < -0.4 is 10.1 Å². The van der Waals surface area contributed by atoms with Crippen molar-refractivity contribution in [2.24, 2.45) is 0 Å². The van der Waals surface area contributed by atoms with E-state index in [-0.39, 0.29) is 0 Å². The number of benzene rings is 1. The van der Waals surface area contributed by atoms with Crippen LogP contribution in [-0.2, 0) is 0 Å². The van der Waals surface area contributed by atoms with E-state index in [1.165, 1.54) is 12.8 Å². The number of hydrogen-bond acceptors (Lipinski definition) is 5. The fourth-order valence-corrected chi connectivity index (χ4v) is 3.65. The Hall–Kier alpha value is -1.88. The summed E-state index contributed by atoms with van der Waals surface area (Å²) in [4.78, 5) is 4.63. The number of nitrogens with one attached hydrogen (secondary N) is 1. The van der Waals surface area contributed by atoms with Crippen molar-refractivity contribution in [3.63, 3.8) is 0 Å². The van der Waals surface area contributed by atoms with E-state index in [1.807, 2.05) is 31.2 Å². The summed E-state index contributed by atoms with van der Waals surface area (Å²) in [7, 11) is 0. The van der Waals surface area contributed by atoms with Gasteiger partial charge in [0.2, 0.25) is 0 Å². The van der Waals surface area contributed by atoms with Gasteiger partial charge in [-0.15, -0.1) is 0 Å². The quantitative estimate of drug-likeness (QED) is 0.940. The third-order valence-electron chi connectivity index (χ3n) is 4.69. The molecule has 0 saturated carbocycles. The highest BCUT2D eigenvalue weighted by Crippen LogP contribution is 2.36. The lowest BCUT2D eigenvalue weighted by Crippen LogP contribution is -2.37. The van der Waals surface area contributed by atoms with Crippen LogP contribution in [-0.4, -0.2) is 28.8 Å². The molecular formula is C17H21N3O2. The molecule has 2 aliphatic heterocycles. The van der Waals surface area contributed by atoms with Crippen molar-refractivity contribution >= 4 is 0 Å². The van der Waals surface area contributed by atoms with E-state index in [2.05, 4.69) is 15.5 Å². The number of aromatic nitrogens is 2. The Balaban J connectivity index is 1.51. The Morgan fingerprint density at radius 1 is 1.18 bits per heavy atom. The second-order valence-electron chi connectivity index (χ2n) is 6.22. The van der Waals surface area contributed by atoms with E-state index >= 15 is 0 Å². The first-order valence-electron chi connectivity index (χ1n) is 8.14. The summed E-state index contributed by atoms with van der Waals surface area (Å²) in [5.74, 6) is 2.76. The van der Waals surface area contributed by atoms with E-state index in [9.17, 15) is 0 Å². The highest BCUT2D eigenvalue weighted by atomic mass is 16.5. The summed E-state index contributed by atoms with van der Waals surface area (Å²) in [6.45, 7) is 2.65. The molecule has 4 rings (SSSR count). The van der Waals surface area contributed by atoms with Gasteiger partial charge in [-0.25, -0.2) is 0 Å². The lowest BCUT2D eigenvalue weighted by Gasteiger charge is -2.26. The third-order valence-corrected chi connectivity index (χ3v) is 4.69. The van der Waals surface area contributed by atoms with Gasteiger partial charge in [0.15, 0.2) is 5.82 Å². The number of rotatable bonds is 4. The van der Waals surface area contributed by atoms with Crippen LogP contribution in [0.3, 0.4) is 0 Å². The molecule has 2 aliphatic rings. The van der Waals surface area contributed by atoms with Crippen molar-refractivity contribution < 1.29 is 9.26 Å². The summed E-state index contributed by atoms with van der Waals surface area (Å²) >= 11 is 0. The average molecular weight is 299 g/mol. The molecule has 5 nitrogen and oxygen atoms in total. The molecule has 2 saturated heterocycles. The number of fused-ring (bicyclic) bond motifs is 2. The van der Waals surface area contributed by atoms with Crippen molar-refractivity contribution in [2.75, 3.05) is 6.61 Å². The van der Waals surface area contributed by atoms with Crippen molar-refractivity contribution in [3.8, 4) is 17.2 Å². The monoisotopic (exact) mass is 299 g/mol. The van der Waals surface area contributed by atoms with Gasteiger partial charge in [-0.05, 0) is 56.9 Å². The molecule has 3 heterocycles. The Bertz CT molecular complexity index is 626. The molecule has 5 heteroatoms. The number of nitrogens with zero attached hydrogens (tertiary/aromatic N) is 2. The molecule has 22 heavy (non-hydrogen) atoms. The van der Waals surface area contributed by atoms with Crippen LogP contribution in [0, 0.1) is 0 Å². The standard InChI is InChI=1S/C17H21N3O2/c1-2-21-15-7-3-11(4-8-15)17-19-16(20-22-17)12-9-13-5-6-14(10-12)18-13/h3-4,7-8,12-14,18H,2,5-6,9-10H2,1H3. The molecule has 0 spiro atoms. The van der Waals surface area contributed by atoms with Gasteiger partial charge < -0.3 is 14.6 Å². The van der Waals surface area contributed by atoms with Crippen LogP contribution in [0.4, 0.5) is 0 Å². The van der Waals surface area contributed by atoms with Gasteiger partial charge in [-0.3, -0.25) is 0 Å². The molecule has 116 valence electrons. The second kappa shape index (κ2) is 5.72. The van der Waals surface area contributed by atoms with Gasteiger partial charge in [0.25, 0.3) is 5.89 Å². The van der Waals surface area contributed by atoms with E-state index < -0.39 is 0 Å². The second-order valence-corrected chi connectivity index (χ2v) is 6.22. The lowest BCUT2D eigenvalue weighted by atomic mass is 9.92. The topological polar surface area (TPSA) is 60.2 Å². The van der Waals surface area contributed by atoms with Crippen LogP contribution >= 0.6 is 0 Å². The number of piperidine rings is 1. The molecule has 2 aromatic rings. The predicted molar refractivity (Wildman–Crippen MR) is 82.8 cm³/mol. The smallest absolute Gasteiger partial charge is 0.257 e. The van der Waals surface area contributed by atoms with Crippen LogP contribution in [0.25, 0.3) is 11.5 Å². The first-order chi connectivity index (χ1) is 10.8. The van der Waals surface area contributed by atoms with Crippen molar-refractivity contribution in [1.29, 1.82) is 0 Å². The maximum Gasteiger partial charge on any atom is 0.257 e. The van der Waals surface area contributed by atoms with Gasteiger partial charge in [0.1, 0.15) is 5.75 Å². The molecule has 1 N–H and O–H groups in total. The fourth-order valence-electron chi connectivity index (χ4n) is 3.65. The highest BCUT2D eigenvalue weighted by molar-refractivity contribution is 5.54. The van der Waals surface area contributed by atoms with Crippen LogP contribution in [0.2, 0.25) is 0 Å². The molecule has 0 aliphatic carbocycles. The minimum atomic E-state index is 0.430. The summed E-state index contributed by atoms with van der Waals surface area (Å²) in [5, 5.41) is 7.87. The fraction of sp³-hybridized carbons (Fsp3) is 0.529. The van der Waals surface area contributed by atoms with Crippen LogP contribution in [0.5, 0.6) is 5.75 Å². The van der Waals surface area contributed by atoms with Crippen LogP contribution in [0.1, 0.15) is 44.3 Å². The van der Waals surface area contributed by atoms with E-state index in [1.54, 1.807) is 0 Å². The Kier molecular flexibility index (Phi) is 3.58. The Morgan fingerprint density at radius 3 is 2.59 bits per heavy atom. The zero-order valence-corrected chi connectivity index (χ0v) is 12.8. The molecule has 1 aromatic carbocycles. The molecule has 0 amide bonds. The molecular weight excluding hydrogens is 278 g/mol. The summed E-state index contributed by atoms with van der Waals surface area (Å²) in [5.41, 5.74) is 0.944. The average Bonchev–Trinajstić information content (AvgIpc) is 3.15. The summed E-state index contributed by atoms with van der Waals surface area (Å²) < 4.78 is 10.9. The predicted octanol–water partition coefficient (Wildman–Crippen LogP) is 3.13. The normalized spacial score (nSPS) is 27.0. The first kappa shape index (κ1) is 13.8. The molecule has 0 radical (unpaired) electrons. The van der Waals surface area contributed by atoms with Crippen LogP contribution in [0.15, 0.2) is 28.8 Å². The third kappa shape index (κ3) is 2.61. The van der Waals surface area contributed by atoms with Crippen molar-refractivity contribution in [1.82, 2.24) is 15.5 Å². The SMILES string of the molecule is CCOc1ccc(-c2nc(C3CC4CCC(C3)N4)no2)cc1. The first-order valence-corrected chi connectivity index (χ1v) is 8.14. The molecule has 2 atom stereocenters. The molecule has 1 aromatic heterocycles. The zero-order chi connectivity index (χ0) is 14.9. The van der Waals surface area contributed by atoms with Gasteiger partial charge in [0, 0.05) is 23.6 Å². The maximum absolute atomic E-state index is 5.47. The van der Waals surface area contributed by atoms with Gasteiger partial charge in [-0.2, -0.15) is 4.98 Å². The Morgan fingerprint density at radius 2 is 1.91 bits per heavy atom. The number of hydrogen-bond donors (Lipinski definition) is 1. The van der Waals surface area contributed by atoms with Gasteiger partial charge in [-0.1, -0.05) is 5.16 Å². The minimum Gasteiger partial charge on any atom is -0.494 e. The Labute approximate surface area is 130 Å². The molecule has 2 unspecified atom stereocenters. The number of ether oxygens (including phenoxy) is 1. The van der Waals surface area contributed by atoms with E-state index in [0.717, 1.165) is 30.0 Å². The maximum atomic E-state index is 5.47. The molecule has 2 bridgehead atoms. The summed E-state index contributed by atoms with van der Waals surface area (Å²) in [6.07, 6.45) is 4.81. The van der Waals surface area contributed by atoms with Gasteiger partial charge in [0.05, 0.1) is 6.61 Å². The van der Waals surface area contributed by atoms with Gasteiger partial charge >= 0.3 is 0 Å². The summed E-state index contributed by atoms with van der Waals surface area (Å²) in [6, 6.07) is 9.08. The lowest BCUT2D eigenvalue weighted by molar-refractivity contribution is 0.339. The van der Waals surface area contributed by atoms with E-state index in [0.29, 0.717) is 30.5 Å². The zero-order valence-electron chi connectivity index (χ0n) is 12.8.